The average molecular weight is 533 g/mol. The largest absolute Gasteiger partial charge is 0.465 e. The Hall–Kier alpha value is -3.94. The smallest absolute Gasteiger partial charge is 0.408 e. The van der Waals surface area contributed by atoms with Gasteiger partial charge in [-0.05, 0) is 30.7 Å². The molecule has 0 aliphatic heterocycles. The number of hydrogen-bond acceptors (Lipinski definition) is 4. The number of amides is 2. The molecule has 8 nitrogen and oxygen atoms in total. The highest BCUT2D eigenvalue weighted by atomic mass is 16.4. The van der Waals surface area contributed by atoms with Gasteiger partial charge >= 0.3 is 6.09 Å². The maximum absolute atomic E-state index is 13.8. The van der Waals surface area contributed by atoms with Gasteiger partial charge in [0.05, 0.1) is 24.1 Å². The van der Waals surface area contributed by atoms with Crippen molar-refractivity contribution < 1.29 is 19.5 Å². The van der Waals surface area contributed by atoms with Gasteiger partial charge in [-0.15, -0.1) is 0 Å². The van der Waals surface area contributed by atoms with Crippen LogP contribution < -0.4 is 5.32 Å². The van der Waals surface area contributed by atoms with Gasteiger partial charge in [-0.1, -0.05) is 94.8 Å². The number of nitrogens with zero attached hydrogens (tertiary/aromatic N) is 3. The van der Waals surface area contributed by atoms with Gasteiger partial charge in [0.25, 0.3) is 5.91 Å². The van der Waals surface area contributed by atoms with E-state index in [1.165, 1.54) is 4.90 Å². The van der Waals surface area contributed by atoms with Gasteiger partial charge in [-0.2, -0.15) is 0 Å². The fraction of sp³-hybridized carbons (Fsp3) is 0.419. The lowest BCUT2D eigenvalue weighted by Crippen LogP contribution is -2.60. The molecule has 3 rings (SSSR count). The fourth-order valence-corrected chi connectivity index (χ4v) is 5.21. The lowest BCUT2D eigenvalue weighted by atomic mass is 9.76. The van der Waals surface area contributed by atoms with E-state index in [1.54, 1.807) is 13.3 Å². The van der Waals surface area contributed by atoms with Crippen LogP contribution in [0.5, 0.6) is 0 Å². The Morgan fingerprint density at radius 3 is 2.21 bits per heavy atom. The van der Waals surface area contributed by atoms with Crippen molar-refractivity contribution >= 4 is 17.8 Å². The normalized spacial score (nSPS) is 13.8. The Bertz CT molecular complexity index is 1240. The monoisotopic (exact) mass is 532 g/mol. The minimum Gasteiger partial charge on any atom is -0.465 e. The number of hydrogen-bond donors (Lipinski definition) is 2. The van der Waals surface area contributed by atoms with E-state index in [-0.39, 0.29) is 0 Å². The Morgan fingerprint density at radius 1 is 1.03 bits per heavy atom. The molecule has 0 bridgehead atoms. The summed E-state index contributed by atoms with van der Waals surface area (Å²) in [6, 6.07) is 17.0. The van der Waals surface area contributed by atoms with Gasteiger partial charge in [0.15, 0.2) is 0 Å². The third-order valence-electron chi connectivity index (χ3n) is 7.24. The second-order valence-electron chi connectivity index (χ2n) is 10.7. The van der Waals surface area contributed by atoms with Gasteiger partial charge in [-0.3, -0.25) is 14.5 Å². The van der Waals surface area contributed by atoms with Crippen LogP contribution in [0, 0.1) is 5.41 Å². The van der Waals surface area contributed by atoms with Crippen molar-refractivity contribution in [1.82, 2.24) is 19.8 Å². The summed E-state index contributed by atoms with van der Waals surface area (Å²) in [6.45, 7) is 9.71. The third-order valence-corrected chi connectivity index (χ3v) is 7.24. The van der Waals surface area contributed by atoms with Crippen molar-refractivity contribution in [1.29, 1.82) is 0 Å². The van der Waals surface area contributed by atoms with Crippen molar-refractivity contribution in [2.75, 3.05) is 0 Å². The summed E-state index contributed by atoms with van der Waals surface area (Å²) in [6.07, 6.45) is 4.10. The minimum absolute atomic E-state index is 0.302. The van der Waals surface area contributed by atoms with Crippen LogP contribution in [-0.4, -0.2) is 49.4 Å². The molecule has 0 unspecified atom stereocenters. The summed E-state index contributed by atoms with van der Waals surface area (Å²) < 4.78 is 1.85. The molecule has 0 spiro atoms. The number of ketones is 1. The van der Waals surface area contributed by atoms with Crippen molar-refractivity contribution in [2.45, 2.75) is 78.6 Å². The van der Waals surface area contributed by atoms with Gasteiger partial charge in [0.2, 0.25) is 5.78 Å². The number of nitrogens with one attached hydrogen (secondary N) is 1. The molecule has 1 heterocycles. The molecule has 2 aromatic carbocycles. The fourth-order valence-electron chi connectivity index (χ4n) is 5.21. The van der Waals surface area contributed by atoms with Crippen LogP contribution in [0.2, 0.25) is 0 Å². The molecule has 39 heavy (non-hydrogen) atoms. The summed E-state index contributed by atoms with van der Waals surface area (Å²) in [7, 11) is 0. The predicted molar refractivity (Wildman–Crippen MR) is 152 cm³/mol. The molecule has 0 aliphatic rings. The second kappa shape index (κ2) is 13.2. The number of Topliss-reactive ketones (excluding diaryl/α,β-unsaturated/α-hetero) is 1. The average Bonchev–Trinajstić information content (AvgIpc) is 3.39. The number of benzene rings is 2. The summed E-state index contributed by atoms with van der Waals surface area (Å²) >= 11 is 0. The highest BCUT2D eigenvalue weighted by Crippen LogP contribution is 2.34. The molecule has 3 aromatic rings. The summed E-state index contributed by atoms with van der Waals surface area (Å²) in [5.41, 5.74) is 1.83. The molecule has 1 aromatic heterocycles. The number of carboxylic acid groups (broad SMARTS) is 1. The molecule has 2 N–H and O–H groups in total. The second-order valence-corrected chi connectivity index (χ2v) is 10.7. The molecule has 3 atom stereocenters. The maximum Gasteiger partial charge on any atom is 0.408 e. The molecule has 208 valence electrons. The standard InChI is InChI=1S/C31H40N4O4/c1-6-18-31(4,5)28(27(36)29(37)33-22(3)23-14-10-8-11-15-23)35(30(38)39)25(7-2)19-34-20-26(32-21-34)24-16-12-9-13-17-24/h8-17,20-22,25,28H,6-7,18-19H2,1-5H3,(H,33,37)(H,38,39)/t22-,25+,28-/m1/s1. The summed E-state index contributed by atoms with van der Waals surface area (Å²) in [5.74, 6) is -1.52. The quantitative estimate of drug-likeness (QED) is 0.265. The van der Waals surface area contributed by atoms with Gasteiger partial charge in [-0.25, -0.2) is 9.78 Å². The molecule has 0 saturated carbocycles. The van der Waals surface area contributed by atoms with Crippen LogP contribution >= 0.6 is 0 Å². The zero-order valence-electron chi connectivity index (χ0n) is 23.5. The Kier molecular flexibility index (Phi) is 10.0. The number of aromatic nitrogens is 2. The Morgan fingerprint density at radius 2 is 1.64 bits per heavy atom. The van der Waals surface area contributed by atoms with E-state index in [9.17, 15) is 19.5 Å². The third kappa shape index (κ3) is 7.34. The molecule has 0 aliphatic carbocycles. The van der Waals surface area contributed by atoms with E-state index in [0.29, 0.717) is 19.4 Å². The number of carbonyl (C=O) groups is 3. The van der Waals surface area contributed by atoms with E-state index in [0.717, 1.165) is 23.2 Å². The first-order valence-corrected chi connectivity index (χ1v) is 13.6. The summed E-state index contributed by atoms with van der Waals surface area (Å²) in [4.78, 5) is 45.6. The van der Waals surface area contributed by atoms with Crippen LogP contribution in [0.3, 0.4) is 0 Å². The topological polar surface area (TPSA) is 105 Å². The highest BCUT2D eigenvalue weighted by molar-refractivity contribution is 6.38. The van der Waals surface area contributed by atoms with E-state index in [1.807, 2.05) is 99.1 Å². The molecule has 0 saturated heterocycles. The van der Waals surface area contributed by atoms with Crippen molar-refractivity contribution in [3.05, 3.63) is 78.8 Å². The number of imidazole rings is 1. The van der Waals surface area contributed by atoms with Crippen LogP contribution in [0.1, 0.15) is 65.5 Å². The Labute approximate surface area is 231 Å². The van der Waals surface area contributed by atoms with E-state index in [2.05, 4.69) is 10.3 Å². The lowest BCUT2D eigenvalue weighted by Gasteiger charge is -2.43. The van der Waals surface area contributed by atoms with Gasteiger partial charge in [0.1, 0.15) is 6.04 Å². The number of rotatable bonds is 13. The lowest BCUT2D eigenvalue weighted by molar-refractivity contribution is -0.144. The van der Waals surface area contributed by atoms with Crippen molar-refractivity contribution in [3.63, 3.8) is 0 Å². The van der Waals surface area contributed by atoms with Gasteiger partial charge < -0.3 is 15.0 Å². The zero-order valence-corrected chi connectivity index (χ0v) is 23.5. The van der Waals surface area contributed by atoms with Crippen molar-refractivity contribution in [2.24, 2.45) is 5.41 Å². The Balaban J connectivity index is 1.91. The molecule has 8 heteroatoms. The summed E-state index contributed by atoms with van der Waals surface area (Å²) in [5, 5.41) is 13.2. The van der Waals surface area contributed by atoms with Crippen LogP contribution in [-0.2, 0) is 16.1 Å². The van der Waals surface area contributed by atoms with Crippen LogP contribution in [0.4, 0.5) is 4.79 Å². The molecule has 0 radical (unpaired) electrons. The van der Waals surface area contributed by atoms with Gasteiger partial charge in [0, 0.05) is 18.3 Å². The molecular formula is C31H40N4O4. The van der Waals surface area contributed by atoms with E-state index >= 15 is 0 Å². The molecule has 2 amide bonds. The minimum atomic E-state index is -1.23. The number of carbonyl (C=O) groups excluding carboxylic acids is 2. The zero-order chi connectivity index (χ0) is 28.6. The first kappa shape index (κ1) is 29.6. The van der Waals surface area contributed by atoms with Crippen LogP contribution in [0.15, 0.2) is 73.2 Å². The van der Waals surface area contributed by atoms with E-state index < -0.39 is 41.3 Å². The molecule has 0 fully saturated rings. The van der Waals surface area contributed by atoms with Crippen molar-refractivity contribution in [3.8, 4) is 11.3 Å². The predicted octanol–water partition coefficient (Wildman–Crippen LogP) is 5.95. The van der Waals surface area contributed by atoms with E-state index in [4.69, 9.17) is 0 Å². The SMILES string of the molecule is CCCC(C)(C)[C@@H](C(=O)C(=O)N[C@H](C)c1ccccc1)N(C(=O)O)[C@@H](CC)Cn1cnc(-c2ccccc2)c1. The molecular weight excluding hydrogens is 492 g/mol. The maximum atomic E-state index is 13.8. The van der Waals surface area contributed by atoms with Crippen LogP contribution in [0.25, 0.3) is 11.3 Å². The highest BCUT2D eigenvalue weighted by Gasteiger charge is 2.46. The first-order valence-electron chi connectivity index (χ1n) is 13.6. The first-order chi connectivity index (χ1) is 18.6.